The summed E-state index contributed by atoms with van der Waals surface area (Å²) in [6, 6.07) is 37.5. The zero-order valence-electron chi connectivity index (χ0n) is 20.2. The first kappa shape index (κ1) is 20.3. The Morgan fingerprint density at radius 2 is 1.14 bits per heavy atom. The Hall–Kier alpha value is -4.10. The lowest BCUT2D eigenvalue weighted by atomic mass is 9.85. The van der Waals surface area contributed by atoms with Crippen molar-refractivity contribution in [1.29, 1.82) is 0 Å². The molecule has 0 N–H and O–H groups in total. The summed E-state index contributed by atoms with van der Waals surface area (Å²) in [4.78, 5) is 0. The summed E-state index contributed by atoms with van der Waals surface area (Å²) in [5.41, 5.74) is 6.11. The lowest BCUT2D eigenvalue weighted by Gasteiger charge is -2.20. The second kappa shape index (κ2) is 7.20. The lowest BCUT2D eigenvalue weighted by Crippen LogP contribution is -2.10. The molecule has 0 fully saturated rings. The van der Waals surface area contributed by atoms with Crippen LogP contribution in [-0.4, -0.2) is 0 Å². The number of hydrogen-bond donors (Lipinski definition) is 0. The number of hydrogen-bond acceptors (Lipinski definition) is 1. The van der Waals surface area contributed by atoms with E-state index in [2.05, 4.69) is 112 Å². The van der Waals surface area contributed by atoms with Crippen LogP contribution in [0.1, 0.15) is 26.3 Å². The maximum Gasteiger partial charge on any atom is 0.136 e. The predicted molar refractivity (Wildman–Crippen MR) is 149 cm³/mol. The van der Waals surface area contributed by atoms with E-state index in [0.29, 0.717) is 0 Å². The molecule has 1 aromatic heterocycles. The molecule has 0 radical (unpaired) electrons. The van der Waals surface area contributed by atoms with Crippen LogP contribution in [0, 0.1) is 0 Å². The molecule has 168 valence electrons. The average molecular weight is 451 g/mol. The average Bonchev–Trinajstić information content (AvgIpc) is 3.31. The normalized spacial score (nSPS) is 12.4. The molecular weight excluding hydrogens is 424 g/mol. The molecule has 1 heterocycles. The molecule has 0 bridgehead atoms. The van der Waals surface area contributed by atoms with Crippen LogP contribution < -0.4 is 0 Å². The molecule has 0 spiro atoms. The van der Waals surface area contributed by atoms with Gasteiger partial charge in [-0.15, -0.1) is 0 Å². The van der Waals surface area contributed by atoms with E-state index in [9.17, 15) is 0 Å². The van der Waals surface area contributed by atoms with Crippen LogP contribution in [-0.2, 0) is 5.41 Å². The van der Waals surface area contributed by atoms with Crippen LogP contribution in [0.4, 0.5) is 0 Å². The van der Waals surface area contributed by atoms with Crippen molar-refractivity contribution in [2.45, 2.75) is 26.2 Å². The van der Waals surface area contributed by atoms with Crippen LogP contribution in [0.15, 0.2) is 108 Å². The molecule has 7 rings (SSSR count). The number of rotatable bonds is 2. The first-order chi connectivity index (χ1) is 17.0. The van der Waals surface area contributed by atoms with E-state index >= 15 is 0 Å². The predicted octanol–water partition coefficient (Wildman–Crippen LogP) is 9.96. The summed E-state index contributed by atoms with van der Waals surface area (Å²) in [5, 5.41) is 8.84. The van der Waals surface area contributed by atoms with Crippen molar-refractivity contribution in [2.24, 2.45) is 0 Å². The van der Waals surface area contributed by atoms with E-state index in [1.165, 1.54) is 49.0 Å². The first-order valence-corrected chi connectivity index (χ1v) is 12.3. The molecule has 0 atom stereocenters. The third kappa shape index (κ3) is 3.08. The molecule has 0 aliphatic carbocycles. The quantitative estimate of drug-likeness (QED) is 0.239. The van der Waals surface area contributed by atoms with Gasteiger partial charge in [-0.2, -0.15) is 0 Å². The summed E-state index contributed by atoms with van der Waals surface area (Å²) in [5.74, 6) is 0.919. The van der Waals surface area contributed by atoms with Gasteiger partial charge in [0, 0.05) is 10.9 Å². The topological polar surface area (TPSA) is 13.1 Å². The zero-order valence-corrected chi connectivity index (χ0v) is 20.2. The minimum absolute atomic E-state index is 0.147. The van der Waals surface area contributed by atoms with Crippen molar-refractivity contribution >= 4 is 43.3 Å². The number of benzene rings is 6. The van der Waals surface area contributed by atoms with Crippen LogP contribution in [0.5, 0.6) is 0 Å². The number of fused-ring (bicyclic) bond motifs is 1. The molecule has 1 nitrogen and oxygen atoms in total. The molecule has 0 saturated heterocycles. The fourth-order valence-electron chi connectivity index (χ4n) is 5.53. The standard InChI is InChI=1S/C34H26O/c1-34(2,3)25-14-8-21(9-15-25)26-16-10-22-13-19-29-27(31-20-24-6-4-5-7-30(24)35-31)17-11-23-12-18-28(26)32(22)33(23)29/h4-20H,1-3H3. The van der Waals surface area contributed by atoms with E-state index in [0.717, 1.165) is 22.3 Å². The molecule has 0 saturated carbocycles. The fourth-order valence-corrected chi connectivity index (χ4v) is 5.53. The van der Waals surface area contributed by atoms with Crippen molar-refractivity contribution in [3.8, 4) is 22.5 Å². The zero-order chi connectivity index (χ0) is 23.7. The molecule has 6 aromatic carbocycles. The molecule has 0 unspecified atom stereocenters. The van der Waals surface area contributed by atoms with Gasteiger partial charge in [0.1, 0.15) is 11.3 Å². The van der Waals surface area contributed by atoms with Gasteiger partial charge >= 0.3 is 0 Å². The van der Waals surface area contributed by atoms with Crippen molar-refractivity contribution in [1.82, 2.24) is 0 Å². The second-order valence-electron chi connectivity index (χ2n) is 10.6. The smallest absolute Gasteiger partial charge is 0.136 e. The molecule has 7 aromatic rings. The Kier molecular flexibility index (Phi) is 4.17. The van der Waals surface area contributed by atoms with Crippen LogP contribution >= 0.6 is 0 Å². The molecular formula is C34H26O. The highest BCUT2D eigenvalue weighted by atomic mass is 16.3. The third-order valence-corrected chi connectivity index (χ3v) is 7.42. The molecule has 1 heteroatoms. The second-order valence-corrected chi connectivity index (χ2v) is 10.6. The van der Waals surface area contributed by atoms with Gasteiger partial charge < -0.3 is 4.42 Å². The van der Waals surface area contributed by atoms with Crippen molar-refractivity contribution < 1.29 is 4.42 Å². The van der Waals surface area contributed by atoms with Crippen molar-refractivity contribution in [2.75, 3.05) is 0 Å². The van der Waals surface area contributed by atoms with Gasteiger partial charge in [-0.3, -0.25) is 0 Å². The highest BCUT2D eigenvalue weighted by Gasteiger charge is 2.17. The van der Waals surface area contributed by atoms with Gasteiger partial charge in [-0.25, -0.2) is 0 Å². The summed E-state index contributed by atoms with van der Waals surface area (Å²) in [6.07, 6.45) is 0. The minimum atomic E-state index is 0.147. The van der Waals surface area contributed by atoms with Gasteiger partial charge in [0.15, 0.2) is 0 Å². The first-order valence-electron chi connectivity index (χ1n) is 12.3. The fraction of sp³-hybridized carbons (Fsp3) is 0.118. The van der Waals surface area contributed by atoms with Gasteiger partial charge in [0.05, 0.1) is 0 Å². The Bertz CT molecular complexity index is 1830. The van der Waals surface area contributed by atoms with Gasteiger partial charge in [-0.1, -0.05) is 106 Å². The van der Waals surface area contributed by atoms with Gasteiger partial charge in [-0.05, 0) is 72.6 Å². The minimum Gasteiger partial charge on any atom is -0.456 e. The Morgan fingerprint density at radius 1 is 0.543 bits per heavy atom. The van der Waals surface area contributed by atoms with E-state index in [4.69, 9.17) is 4.42 Å². The summed E-state index contributed by atoms with van der Waals surface area (Å²) in [6.45, 7) is 6.79. The highest BCUT2D eigenvalue weighted by molar-refractivity contribution is 6.27. The number of furan rings is 1. The van der Waals surface area contributed by atoms with E-state index < -0.39 is 0 Å². The lowest BCUT2D eigenvalue weighted by molar-refractivity contribution is 0.590. The number of para-hydroxylation sites is 1. The van der Waals surface area contributed by atoms with E-state index in [1.54, 1.807) is 0 Å². The largest absolute Gasteiger partial charge is 0.456 e. The molecule has 0 amide bonds. The Balaban J connectivity index is 1.49. The molecule has 0 aliphatic heterocycles. The van der Waals surface area contributed by atoms with Crippen molar-refractivity contribution in [3.63, 3.8) is 0 Å². The van der Waals surface area contributed by atoms with Crippen LogP contribution in [0.2, 0.25) is 0 Å². The summed E-state index contributed by atoms with van der Waals surface area (Å²) < 4.78 is 6.28. The Labute approximate surface area is 205 Å². The SMILES string of the molecule is CC(C)(C)c1ccc(-c2ccc3ccc4c(-c5cc6ccccc6o5)ccc5ccc2c3c54)cc1. The van der Waals surface area contributed by atoms with Gasteiger partial charge in [0.25, 0.3) is 0 Å². The van der Waals surface area contributed by atoms with Gasteiger partial charge in [0.2, 0.25) is 0 Å². The molecule has 0 aliphatic rings. The van der Waals surface area contributed by atoms with Crippen LogP contribution in [0.25, 0.3) is 65.7 Å². The van der Waals surface area contributed by atoms with E-state index in [-0.39, 0.29) is 5.41 Å². The maximum atomic E-state index is 6.28. The summed E-state index contributed by atoms with van der Waals surface area (Å²) in [7, 11) is 0. The van der Waals surface area contributed by atoms with Crippen LogP contribution in [0.3, 0.4) is 0 Å². The summed E-state index contributed by atoms with van der Waals surface area (Å²) >= 11 is 0. The molecule has 35 heavy (non-hydrogen) atoms. The van der Waals surface area contributed by atoms with E-state index in [1.807, 2.05) is 12.1 Å². The maximum absolute atomic E-state index is 6.28. The highest BCUT2D eigenvalue weighted by Crippen LogP contribution is 2.43. The third-order valence-electron chi connectivity index (χ3n) is 7.42. The monoisotopic (exact) mass is 450 g/mol. The Morgan fingerprint density at radius 3 is 1.80 bits per heavy atom. The van der Waals surface area contributed by atoms with Crippen molar-refractivity contribution in [3.05, 3.63) is 109 Å².